The Labute approximate surface area is 117 Å². The second-order valence-electron chi connectivity index (χ2n) is 7.00. The molecule has 2 rings (SSSR count). The summed E-state index contributed by atoms with van der Waals surface area (Å²) in [5.74, 6) is 0.368. The van der Waals surface area contributed by atoms with Crippen LogP contribution in [0.25, 0.3) is 0 Å². The van der Waals surface area contributed by atoms with E-state index >= 15 is 0 Å². The Balaban J connectivity index is 2.25. The summed E-state index contributed by atoms with van der Waals surface area (Å²) in [5.41, 5.74) is 2.28. The zero-order valence-electron chi connectivity index (χ0n) is 12.8. The van der Waals surface area contributed by atoms with Gasteiger partial charge in [-0.1, -0.05) is 64.8 Å². The lowest BCUT2D eigenvalue weighted by Gasteiger charge is -2.26. The Morgan fingerprint density at radius 3 is 2.05 bits per heavy atom. The molecular weight excluding hydrogens is 232 g/mol. The second kappa shape index (κ2) is 5.11. The highest BCUT2D eigenvalue weighted by molar-refractivity contribution is 6.00. The van der Waals surface area contributed by atoms with Crippen molar-refractivity contribution in [1.29, 1.82) is 0 Å². The molecule has 1 aromatic rings. The number of hydrogen-bond donors (Lipinski definition) is 0. The van der Waals surface area contributed by atoms with Gasteiger partial charge in [-0.3, -0.25) is 4.79 Å². The molecule has 0 spiro atoms. The lowest BCUT2D eigenvalue weighted by atomic mass is 9.76. The highest BCUT2D eigenvalue weighted by Gasteiger charge is 2.39. The minimum absolute atomic E-state index is 0.0662. The van der Waals surface area contributed by atoms with Crippen molar-refractivity contribution in [3.05, 3.63) is 35.4 Å². The van der Waals surface area contributed by atoms with Gasteiger partial charge < -0.3 is 0 Å². The summed E-state index contributed by atoms with van der Waals surface area (Å²) in [6.45, 7) is 8.77. The van der Waals surface area contributed by atoms with Crippen LogP contribution >= 0.6 is 0 Å². The molecule has 1 aromatic carbocycles. The molecule has 1 saturated carbocycles. The summed E-state index contributed by atoms with van der Waals surface area (Å²) in [7, 11) is 0. The van der Waals surface area contributed by atoms with E-state index in [1.807, 2.05) is 12.1 Å². The fraction of sp³-hybridized carbons (Fsp3) is 0.611. The van der Waals surface area contributed by atoms with Gasteiger partial charge in [-0.25, -0.2) is 0 Å². The normalized spacial score (nSPS) is 18.5. The Morgan fingerprint density at radius 2 is 1.63 bits per heavy atom. The minimum atomic E-state index is -0.0662. The second-order valence-corrected chi connectivity index (χ2v) is 7.00. The van der Waals surface area contributed by atoms with Crippen LogP contribution in [0.4, 0.5) is 0 Å². The number of carbonyl (C=O) groups excluding carboxylic acids is 1. The molecule has 19 heavy (non-hydrogen) atoms. The van der Waals surface area contributed by atoms with E-state index in [2.05, 4.69) is 39.8 Å². The van der Waals surface area contributed by atoms with E-state index < -0.39 is 0 Å². The van der Waals surface area contributed by atoms with Crippen LogP contribution in [0.5, 0.6) is 0 Å². The Hall–Kier alpha value is -1.11. The summed E-state index contributed by atoms with van der Waals surface area (Å²) in [6.07, 6.45) is 5.54. The van der Waals surface area contributed by atoms with E-state index in [1.165, 1.54) is 18.4 Å². The smallest absolute Gasteiger partial charge is 0.168 e. The van der Waals surface area contributed by atoms with Crippen molar-refractivity contribution >= 4 is 5.78 Å². The van der Waals surface area contributed by atoms with Crippen molar-refractivity contribution < 1.29 is 4.79 Å². The van der Waals surface area contributed by atoms with Crippen LogP contribution in [0.3, 0.4) is 0 Å². The predicted molar refractivity (Wildman–Crippen MR) is 80.7 cm³/mol. The van der Waals surface area contributed by atoms with Crippen LogP contribution in [0.2, 0.25) is 0 Å². The average molecular weight is 258 g/mol. The SMILES string of the molecule is CCC1(C(=O)c2ccc(C(C)(C)C)cc2)CCCC1. The summed E-state index contributed by atoms with van der Waals surface area (Å²) in [5, 5.41) is 0. The van der Waals surface area contributed by atoms with Gasteiger partial charge in [0.1, 0.15) is 0 Å². The van der Waals surface area contributed by atoms with Crippen LogP contribution < -0.4 is 0 Å². The molecule has 0 heterocycles. The van der Waals surface area contributed by atoms with E-state index in [4.69, 9.17) is 0 Å². The molecule has 0 N–H and O–H groups in total. The summed E-state index contributed by atoms with van der Waals surface area (Å²) < 4.78 is 0. The van der Waals surface area contributed by atoms with Crippen LogP contribution in [0.1, 0.15) is 75.7 Å². The first-order chi connectivity index (χ1) is 8.89. The fourth-order valence-electron chi connectivity index (χ4n) is 3.22. The highest BCUT2D eigenvalue weighted by atomic mass is 16.1. The quantitative estimate of drug-likeness (QED) is 0.686. The number of hydrogen-bond acceptors (Lipinski definition) is 1. The molecule has 0 radical (unpaired) electrons. The molecule has 0 bridgehead atoms. The van der Waals surface area contributed by atoms with Crippen LogP contribution in [0.15, 0.2) is 24.3 Å². The molecule has 1 heteroatoms. The minimum Gasteiger partial charge on any atom is -0.294 e. The Morgan fingerprint density at radius 1 is 1.11 bits per heavy atom. The third-order valence-corrected chi connectivity index (χ3v) is 4.73. The maximum Gasteiger partial charge on any atom is 0.168 e. The van der Waals surface area contributed by atoms with Gasteiger partial charge in [-0.15, -0.1) is 0 Å². The summed E-state index contributed by atoms with van der Waals surface area (Å²) in [6, 6.07) is 8.29. The van der Waals surface area contributed by atoms with Gasteiger partial charge in [0.25, 0.3) is 0 Å². The van der Waals surface area contributed by atoms with Crippen molar-refractivity contribution in [3.63, 3.8) is 0 Å². The molecule has 1 nitrogen and oxygen atoms in total. The van der Waals surface area contributed by atoms with Gasteiger partial charge in [0.05, 0.1) is 0 Å². The molecule has 1 fully saturated rings. The van der Waals surface area contributed by atoms with Gasteiger partial charge in [0.2, 0.25) is 0 Å². The number of benzene rings is 1. The standard InChI is InChI=1S/C18H26O/c1-5-18(12-6-7-13-18)16(19)14-8-10-15(11-9-14)17(2,3)4/h8-11H,5-7,12-13H2,1-4H3. The molecule has 1 aliphatic carbocycles. The van der Waals surface area contributed by atoms with Crippen molar-refractivity contribution in [1.82, 2.24) is 0 Å². The van der Waals surface area contributed by atoms with E-state index in [-0.39, 0.29) is 10.8 Å². The van der Waals surface area contributed by atoms with E-state index in [0.717, 1.165) is 24.8 Å². The third-order valence-electron chi connectivity index (χ3n) is 4.73. The lowest BCUT2D eigenvalue weighted by molar-refractivity contribution is 0.0791. The van der Waals surface area contributed by atoms with Gasteiger partial charge in [0.15, 0.2) is 5.78 Å². The van der Waals surface area contributed by atoms with Crippen LogP contribution in [0, 0.1) is 5.41 Å². The van der Waals surface area contributed by atoms with Crippen molar-refractivity contribution in [2.45, 2.75) is 65.2 Å². The first-order valence-electron chi connectivity index (χ1n) is 7.54. The molecule has 0 aliphatic heterocycles. The number of carbonyl (C=O) groups is 1. The topological polar surface area (TPSA) is 17.1 Å². The van der Waals surface area contributed by atoms with Crippen molar-refractivity contribution in [2.75, 3.05) is 0 Å². The molecular formula is C18H26O. The molecule has 0 atom stereocenters. The van der Waals surface area contributed by atoms with Crippen molar-refractivity contribution in [3.8, 4) is 0 Å². The third kappa shape index (κ3) is 2.75. The highest BCUT2D eigenvalue weighted by Crippen LogP contribution is 2.43. The molecule has 0 unspecified atom stereocenters. The Kier molecular flexibility index (Phi) is 3.85. The fourth-order valence-corrected chi connectivity index (χ4v) is 3.22. The molecule has 0 aromatic heterocycles. The first kappa shape index (κ1) is 14.3. The molecule has 0 saturated heterocycles. The molecule has 1 aliphatic rings. The monoisotopic (exact) mass is 258 g/mol. The van der Waals surface area contributed by atoms with E-state index in [1.54, 1.807) is 0 Å². The Bertz CT molecular complexity index is 442. The molecule has 104 valence electrons. The first-order valence-corrected chi connectivity index (χ1v) is 7.54. The van der Waals surface area contributed by atoms with Crippen molar-refractivity contribution in [2.24, 2.45) is 5.41 Å². The zero-order chi connectivity index (χ0) is 14.1. The van der Waals surface area contributed by atoms with Crippen LogP contribution in [-0.4, -0.2) is 5.78 Å². The number of Topliss-reactive ketones (excluding diaryl/α,β-unsaturated/α-hetero) is 1. The maximum absolute atomic E-state index is 12.8. The van der Waals surface area contributed by atoms with Gasteiger partial charge >= 0.3 is 0 Å². The number of rotatable bonds is 3. The summed E-state index contributed by atoms with van der Waals surface area (Å²) >= 11 is 0. The largest absolute Gasteiger partial charge is 0.294 e. The van der Waals surface area contributed by atoms with Gasteiger partial charge in [0, 0.05) is 11.0 Å². The van der Waals surface area contributed by atoms with Gasteiger partial charge in [-0.2, -0.15) is 0 Å². The van der Waals surface area contributed by atoms with Gasteiger partial charge in [-0.05, 0) is 30.2 Å². The van der Waals surface area contributed by atoms with E-state index in [9.17, 15) is 4.79 Å². The predicted octanol–water partition coefficient (Wildman–Crippen LogP) is 5.14. The average Bonchev–Trinajstić information content (AvgIpc) is 2.87. The zero-order valence-corrected chi connectivity index (χ0v) is 12.8. The van der Waals surface area contributed by atoms with Crippen LogP contribution in [-0.2, 0) is 5.41 Å². The molecule has 0 amide bonds. The number of ketones is 1. The maximum atomic E-state index is 12.8. The van der Waals surface area contributed by atoms with E-state index in [0.29, 0.717) is 5.78 Å². The summed E-state index contributed by atoms with van der Waals surface area (Å²) in [4.78, 5) is 12.8. The lowest BCUT2D eigenvalue weighted by Crippen LogP contribution is -2.27.